The van der Waals surface area contributed by atoms with Crippen molar-refractivity contribution in [2.24, 2.45) is 5.16 Å². The van der Waals surface area contributed by atoms with Gasteiger partial charge in [0.15, 0.2) is 0 Å². The van der Waals surface area contributed by atoms with Crippen LogP contribution < -0.4 is 0 Å². The van der Waals surface area contributed by atoms with Gasteiger partial charge in [-0.3, -0.25) is 0 Å². The van der Waals surface area contributed by atoms with Crippen molar-refractivity contribution in [3.63, 3.8) is 0 Å². The maximum absolute atomic E-state index is 7.61. The monoisotopic (exact) mass is 91.0 g/mol. The number of oxime groups is 1. The Morgan fingerprint density at radius 1 is 2.00 bits per heavy atom. The summed E-state index contributed by atoms with van der Waals surface area (Å²) in [7, 11) is 0. The Bertz CT molecular complexity index is 36.6. The molecule has 0 fully saturated rings. The van der Waals surface area contributed by atoms with Gasteiger partial charge in [-0.05, 0) is 6.26 Å². The highest BCUT2D eigenvalue weighted by molar-refractivity contribution is 8.11. The van der Waals surface area contributed by atoms with Crippen molar-refractivity contribution in [1.82, 2.24) is 0 Å². The first kappa shape index (κ1) is 4.82. The molecular weight excluding hydrogens is 86.1 g/mol. The lowest BCUT2D eigenvalue weighted by Crippen LogP contribution is -1.53. The lowest BCUT2D eigenvalue weighted by atomic mass is 11.7. The Morgan fingerprint density at radius 3 is 2.60 bits per heavy atom. The Balaban J connectivity index is 2.62. The summed E-state index contributed by atoms with van der Waals surface area (Å²) in [6.45, 7) is 0. The maximum atomic E-state index is 7.61. The van der Waals surface area contributed by atoms with Gasteiger partial charge in [0.1, 0.15) is 0 Å². The molecule has 0 heterocycles. The van der Waals surface area contributed by atoms with Gasteiger partial charge in [0.2, 0.25) is 0 Å². The molecule has 0 atom stereocenters. The van der Waals surface area contributed by atoms with Crippen LogP contribution >= 0.6 is 11.8 Å². The van der Waals surface area contributed by atoms with Crippen LogP contribution in [0.25, 0.3) is 0 Å². The second-order valence-corrected chi connectivity index (χ2v) is 1.14. The molecule has 0 saturated heterocycles. The first-order valence-corrected chi connectivity index (χ1v) is 2.39. The molecule has 1 N–H and O–H groups in total. The topological polar surface area (TPSA) is 32.6 Å². The molecule has 0 rings (SSSR count). The van der Waals surface area contributed by atoms with Gasteiger partial charge in [0.05, 0.1) is 5.55 Å². The van der Waals surface area contributed by atoms with Crippen molar-refractivity contribution in [2.45, 2.75) is 0 Å². The Kier molecular flexibility index (Phi) is 3.68. The maximum Gasteiger partial charge on any atom is 0.0988 e. The third-order valence-electron chi connectivity index (χ3n) is 0.153. The van der Waals surface area contributed by atoms with Gasteiger partial charge >= 0.3 is 0 Å². The van der Waals surface area contributed by atoms with E-state index >= 15 is 0 Å². The summed E-state index contributed by atoms with van der Waals surface area (Å²) in [5.41, 5.74) is 1.35. The minimum atomic E-state index is 1.35. The van der Waals surface area contributed by atoms with Crippen LogP contribution in [0.3, 0.4) is 0 Å². The molecule has 0 aliphatic rings. The van der Waals surface area contributed by atoms with E-state index in [0.717, 1.165) is 0 Å². The molecule has 5 heavy (non-hydrogen) atoms. The second-order valence-electron chi connectivity index (χ2n) is 0.457. The van der Waals surface area contributed by atoms with Crippen molar-refractivity contribution in [2.75, 3.05) is 6.26 Å². The van der Waals surface area contributed by atoms with E-state index in [1.165, 1.54) is 17.3 Å². The van der Waals surface area contributed by atoms with Gasteiger partial charge in [0, 0.05) is 0 Å². The summed E-state index contributed by atoms with van der Waals surface area (Å²) >= 11 is 1.36. The standard InChI is InChI=1S/C2H5NOS/c1-5-2-3-4/h2,4H,1H3/b3-2+. The second kappa shape index (κ2) is 3.82. The molecule has 0 aromatic heterocycles. The largest absolute Gasteiger partial charge is 0.410 e. The fourth-order valence-electron chi connectivity index (χ4n) is 0.0471. The molecule has 2 nitrogen and oxygen atoms in total. The number of hydrogen-bond acceptors (Lipinski definition) is 3. The van der Waals surface area contributed by atoms with Crippen molar-refractivity contribution >= 4 is 17.3 Å². The predicted octanol–water partition coefficient (Wildman–Crippen LogP) is 0.767. The molecule has 0 unspecified atom stereocenters. The number of thioether (sulfide) groups is 1. The van der Waals surface area contributed by atoms with E-state index in [1.807, 2.05) is 6.26 Å². The van der Waals surface area contributed by atoms with Crippen LogP contribution in [0.1, 0.15) is 0 Å². The van der Waals surface area contributed by atoms with Crippen LogP contribution in [0.4, 0.5) is 0 Å². The summed E-state index contributed by atoms with van der Waals surface area (Å²) in [5, 5.41) is 10.3. The fourth-order valence-corrected chi connectivity index (χ4v) is 0.141. The summed E-state index contributed by atoms with van der Waals surface area (Å²) in [6.07, 6.45) is 1.82. The van der Waals surface area contributed by atoms with Crippen molar-refractivity contribution in [1.29, 1.82) is 0 Å². The van der Waals surface area contributed by atoms with E-state index in [2.05, 4.69) is 5.16 Å². The molecule has 0 aromatic rings. The lowest BCUT2D eigenvalue weighted by molar-refractivity contribution is 0.323. The Labute approximate surface area is 34.9 Å². The zero-order valence-corrected chi connectivity index (χ0v) is 3.70. The predicted molar refractivity (Wildman–Crippen MR) is 23.8 cm³/mol. The van der Waals surface area contributed by atoms with Crippen molar-refractivity contribution < 1.29 is 5.21 Å². The molecular formula is C2H5NOS. The molecule has 0 amide bonds. The van der Waals surface area contributed by atoms with Gasteiger partial charge in [0.25, 0.3) is 0 Å². The molecule has 30 valence electrons. The average molecular weight is 91.1 g/mol. The molecule has 0 aliphatic carbocycles. The highest BCUT2D eigenvalue weighted by Crippen LogP contribution is 1.78. The van der Waals surface area contributed by atoms with E-state index in [0.29, 0.717) is 0 Å². The van der Waals surface area contributed by atoms with Gasteiger partial charge in [-0.25, -0.2) is 0 Å². The highest BCUT2D eigenvalue weighted by atomic mass is 32.2. The number of hydrogen-bond donors (Lipinski definition) is 1. The molecule has 0 bridgehead atoms. The number of nitrogens with zero attached hydrogens (tertiary/aromatic N) is 1. The third-order valence-corrected chi connectivity index (χ3v) is 0.458. The van der Waals surface area contributed by atoms with Crippen LogP contribution in [-0.2, 0) is 0 Å². The quantitative estimate of drug-likeness (QED) is 0.224. The van der Waals surface area contributed by atoms with Crippen molar-refractivity contribution in [3.8, 4) is 0 Å². The molecule has 0 aromatic carbocycles. The van der Waals surface area contributed by atoms with Crippen LogP contribution in [0, 0.1) is 0 Å². The lowest BCUT2D eigenvalue weighted by Gasteiger charge is -1.65. The summed E-state index contributed by atoms with van der Waals surface area (Å²) in [5.74, 6) is 0. The minimum Gasteiger partial charge on any atom is -0.410 e. The van der Waals surface area contributed by atoms with E-state index < -0.39 is 0 Å². The Hall–Kier alpha value is -0.180. The van der Waals surface area contributed by atoms with E-state index in [-0.39, 0.29) is 0 Å². The number of rotatable bonds is 1. The molecule has 0 saturated carbocycles. The van der Waals surface area contributed by atoms with E-state index in [4.69, 9.17) is 5.21 Å². The SMILES string of the molecule is CS/C=N/O. The molecule has 0 spiro atoms. The third kappa shape index (κ3) is 3.82. The fraction of sp³-hybridized carbons (Fsp3) is 0.500. The summed E-state index contributed by atoms with van der Waals surface area (Å²) < 4.78 is 0. The van der Waals surface area contributed by atoms with Crippen LogP contribution in [0.2, 0.25) is 0 Å². The van der Waals surface area contributed by atoms with Crippen LogP contribution in [0.15, 0.2) is 5.16 Å². The van der Waals surface area contributed by atoms with Gasteiger partial charge in [-0.1, -0.05) is 5.16 Å². The first-order valence-electron chi connectivity index (χ1n) is 1.10. The highest BCUT2D eigenvalue weighted by Gasteiger charge is 1.54. The normalized spacial score (nSPS) is 9.80. The summed E-state index contributed by atoms with van der Waals surface area (Å²) in [6, 6.07) is 0. The smallest absolute Gasteiger partial charge is 0.0988 e. The van der Waals surface area contributed by atoms with Gasteiger partial charge < -0.3 is 5.21 Å². The van der Waals surface area contributed by atoms with Crippen LogP contribution in [-0.4, -0.2) is 17.0 Å². The zero-order chi connectivity index (χ0) is 4.12. The minimum absolute atomic E-state index is 1.35. The first-order chi connectivity index (χ1) is 2.41. The average Bonchev–Trinajstić information content (AvgIpc) is 1.41. The van der Waals surface area contributed by atoms with Crippen LogP contribution in [0.5, 0.6) is 0 Å². The molecule has 0 aliphatic heterocycles. The summed E-state index contributed by atoms with van der Waals surface area (Å²) in [4.78, 5) is 0. The van der Waals surface area contributed by atoms with E-state index in [1.54, 1.807) is 0 Å². The van der Waals surface area contributed by atoms with Gasteiger partial charge in [-0.15, -0.1) is 11.8 Å². The Morgan fingerprint density at radius 2 is 2.60 bits per heavy atom. The van der Waals surface area contributed by atoms with Gasteiger partial charge in [-0.2, -0.15) is 0 Å². The molecule has 3 heteroatoms. The van der Waals surface area contributed by atoms with E-state index in [9.17, 15) is 0 Å². The molecule has 0 radical (unpaired) electrons. The zero-order valence-electron chi connectivity index (χ0n) is 2.88. The van der Waals surface area contributed by atoms with Crippen molar-refractivity contribution in [3.05, 3.63) is 0 Å².